The van der Waals surface area contributed by atoms with E-state index < -0.39 is 0 Å². The quantitative estimate of drug-likeness (QED) is 0.738. The topological polar surface area (TPSA) is 18.5 Å². The van der Waals surface area contributed by atoms with Gasteiger partial charge in [0.2, 0.25) is 0 Å². The molecular formula is C13H19O2. The molecule has 0 atom stereocenters. The van der Waals surface area contributed by atoms with E-state index in [1.54, 1.807) is 14.2 Å². The van der Waals surface area contributed by atoms with Gasteiger partial charge in [-0.05, 0) is 36.5 Å². The summed E-state index contributed by atoms with van der Waals surface area (Å²) in [6.45, 7) is 4.36. The molecule has 15 heavy (non-hydrogen) atoms. The smallest absolute Gasteiger partial charge is 0.160 e. The second-order valence-corrected chi connectivity index (χ2v) is 3.87. The average molecular weight is 207 g/mol. The lowest BCUT2D eigenvalue weighted by atomic mass is 10.0. The first kappa shape index (κ1) is 11.9. The second-order valence-electron chi connectivity index (χ2n) is 3.87. The molecule has 0 saturated carbocycles. The maximum absolute atomic E-state index is 5.24. The molecule has 0 saturated heterocycles. The lowest BCUT2D eigenvalue weighted by Gasteiger charge is -2.10. The molecule has 2 nitrogen and oxygen atoms in total. The molecule has 0 unspecified atom stereocenters. The van der Waals surface area contributed by atoms with Gasteiger partial charge in [0, 0.05) is 0 Å². The van der Waals surface area contributed by atoms with Gasteiger partial charge < -0.3 is 9.47 Å². The van der Waals surface area contributed by atoms with Crippen LogP contribution in [-0.4, -0.2) is 14.2 Å². The molecule has 2 heteroatoms. The second kappa shape index (κ2) is 5.64. The maximum Gasteiger partial charge on any atom is 0.160 e. The molecule has 0 aliphatic rings. The summed E-state index contributed by atoms with van der Waals surface area (Å²) in [6.07, 6.45) is 3.25. The number of hydrogen-bond donors (Lipinski definition) is 0. The molecule has 0 bridgehead atoms. The molecule has 0 aliphatic carbocycles. The zero-order valence-corrected chi connectivity index (χ0v) is 9.91. The van der Waals surface area contributed by atoms with Crippen LogP contribution in [0.2, 0.25) is 0 Å². The summed E-state index contributed by atoms with van der Waals surface area (Å²) in [7, 11) is 3.31. The third-order valence-corrected chi connectivity index (χ3v) is 2.27. The molecule has 83 valence electrons. The first-order valence-electron chi connectivity index (χ1n) is 5.21. The van der Waals surface area contributed by atoms with Gasteiger partial charge in [0.1, 0.15) is 0 Å². The van der Waals surface area contributed by atoms with E-state index >= 15 is 0 Å². The van der Waals surface area contributed by atoms with Crippen LogP contribution in [0, 0.1) is 12.3 Å². The van der Waals surface area contributed by atoms with Gasteiger partial charge in [0.05, 0.1) is 14.2 Å². The van der Waals surface area contributed by atoms with E-state index in [1.807, 2.05) is 12.1 Å². The van der Waals surface area contributed by atoms with Crippen LogP contribution in [0.5, 0.6) is 11.5 Å². The molecular weight excluding hydrogens is 188 g/mol. The minimum Gasteiger partial charge on any atom is -0.493 e. The number of methoxy groups -OCH3 is 2. The summed E-state index contributed by atoms with van der Waals surface area (Å²) >= 11 is 0. The first-order valence-corrected chi connectivity index (χ1v) is 5.21. The SMILES string of the molecule is COc1ccc(C[CH]C(C)C)cc1OC. The van der Waals surface area contributed by atoms with Crippen molar-refractivity contribution in [1.82, 2.24) is 0 Å². The van der Waals surface area contributed by atoms with Crippen molar-refractivity contribution in [2.75, 3.05) is 14.2 Å². The molecule has 1 rings (SSSR count). The zero-order valence-electron chi connectivity index (χ0n) is 9.91. The van der Waals surface area contributed by atoms with E-state index in [0.29, 0.717) is 5.92 Å². The van der Waals surface area contributed by atoms with Crippen LogP contribution in [0.1, 0.15) is 19.4 Å². The molecule has 0 fully saturated rings. The predicted molar refractivity (Wildman–Crippen MR) is 62.4 cm³/mol. The van der Waals surface area contributed by atoms with E-state index in [0.717, 1.165) is 17.9 Å². The third-order valence-electron chi connectivity index (χ3n) is 2.27. The van der Waals surface area contributed by atoms with Gasteiger partial charge in [0.25, 0.3) is 0 Å². The van der Waals surface area contributed by atoms with Crippen molar-refractivity contribution < 1.29 is 9.47 Å². The van der Waals surface area contributed by atoms with Crippen LogP contribution in [-0.2, 0) is 6.42 Å². The third kappa shape index (κ3) is 3.46. The number of benzene rings is 1. The van der Waals surface area contributed by atoms with Crippen LogP contribution in [0.15, 0.2) is 18.2 Å². The van der Waals surface area contributed by atoms with Gasteiger partial charge in [-0.2, -0.15) is 0 Å². The Labute approximate surface area is 92.2 Å². The summed E-state index contributed by atoms with van der Waals surface area (Å²) in [5, 5.41) is 0. The summed E-state index contributed by atoms with van der Waals surface area (Å²) in [5.74, 6) is 2.19. The Morgan fingerprint density at radius 1 is 1.13 bits per heavy atom. The average Bonchev–Trinajstić information content (AvgIpc) is 2.25. The number of hydrogen-bond acceptors (Lipinski definition) is 2. The van der Waals surface area contributed by atoms with Crippen LogP contribution >= 0.6 is 0 Å². The fourth-order valence-corrected chi connectivity index (χ4v) is 1.38. The summed E-state index contributed by atoms with van der Waals surface area (Å²) < 4.78 is 10.4. The fourth-order valence-electron chi connectivity index (χ4n) is 1.38. The standard InChI is InChI=1S/C13H19O2/c1-10(2)5-6-11-7-8-12(14-3)13(9-11)15-4/h5,7-10H,6H2,1-4H3. The lowest BCUT2D eigenvalue weighted by molar-refractivity contribution is 0.354. The monoisotopic (exact) mass is 207 g/mol. The largest absolute Gasteiger partial charge is 0.493 e. The Morgan fingerprint density at radius 2 is 1.80 bits per heavy atom. The van der Waals surface area contributed by atoms with Crippen molar-refractivity contribution >= 4 is 0 Å². The van der Waals surface area contributed by atoms with E-state index in [-0.39, 0.29) is 0 Å². The van der Waals surface area contributed by atoms with Crippen LogP contribution in [0.25, 0.3) is 0 Å². The Hall–Kier alpha value is -1.18. The van der Waals surface area contributed by atoms with Crippen LogP contribution < -0.4 is 9.47 Å². The highest BCUT2D eigenvalue weighted by molar-refractivity contribution is 5.43. The van der Waals surface area contributed by atoms with Crippen molar-refractivity contribution in [2.45, 2.75) is 20.3 Å². The normalized spacial score (nSPS) is 10.5. The predicted octanol–water partition coefficient (Wildman–Crippen LogP) is 3.11. The molecule has 0 heterocycles. The Bertz CT molecular complexity index is 305. The molecule has 1 aromatic rings. The van der Waals surface area contributed by atoms with Gasteiger partial charge in [0.15, 0.2) is 11.5 Å². The van der Waals surface area contributed by atoms with Gasteiger partial charge in [-0.25, -0.2) is 0 Å². The van der Waals surface area contributed by atoms with E-state index in [1.165, 1.54) is 5.56 Å². The highest BCUT2D eigenvalue weighted by Gasteiger charge is 2.04. The van der Waals surface area contributed by atoms with E-state index in [2.05, 4.69) is 26.3 Å². The van der Waals surface area contributed by atoms with Crippen molar-refractivity contribution in [2.24, 2.45) is 5.92 Å². The molecule has 0 spiro atoms. The van der Waals surface area contributed by atoms with Crippen molar-refractivity contribution in [3.05, 3.63) is 30.2 Å². The van der Waals surface area contributed by atoms with Crippen LogP contribution in [0.3, 0.4) is 0 Å². The highest BCUT2D eigenvalue weighted by Crippen LogP contribution is 2.28. The van der Waals surface area contributed by atoms with Gasteiger partial charge >= 0.3 is 0 Å². The zero-order chi connectivity index (χ0) is 11.3. The lowest BCUT2D eigenvalue weighted by Crippen LogP contribution is -1.96. The van der Waals surface area contributed by atoms with Crippen molar-refractivity contribution in [3.63, 3.8) is 0 Å². The maximum atomic E-state index is 5.24. The molecule has 0 amide bonds. The van der Waals surface area contributed by atoms with Gasteiger partial charge in [-0.3, -0.25) is 0 Å². The molecule has 0 aromatic heterocycles. The Morgan fingerprint density at radius 3 is 2.33 bits per heavy atom. The van der Waals surface area contributed by atoms with Gasteiger partial charge in [-0.1, -0.05) is 19.9 Å². The molecule has 1 radical (unpaired) electrons. The van der Waals surface area contributed by atoms with Gasteiger partial charge in [-0.15, -0.1) is 0 Å². The molecule has 0 N–H and O–H groups in total. The minimum absolute atomic E-state index is 0.609. The molecule has 1 aromatic carbocycles. The Kier molecular flexibility index (Phi) is 4.47. The minimum atomic E-state index is 0.609. The molecule has 0 aliphatic heterocycles. The fraction of sp³-hybridized carbons (Fsp3) is 0.462. The van der Waals surface area contributed by atoms with E-state index in [9.17, 15) is 0 Å². The first-order chi connectivity index (χ1) is 7.17. The highest BCUT2D eigenvalue weighted by atomic mass is 16.5. The van der Waals surface area contributed by atoms with Crippen LogP contribution in [0.4, 0.5) is 0 Å². The number of ether oxygens (including phenoxy) is 2. The van der Waals surface area contributed by atoms with Crippen molar-refractivity contribution in [3.8, 4) is 11.5 Å². The summed E-state index contributed by atoms with van der Waals surface area (Å²) in [4.78, 5) is 0. The van der Waals surface area contributed by atoms with Crippen molar-refractivity contribution in [1.29, 1.82) is 0 Å². The summed E-state index contributed by atoms with van der Waals surface area (Å²) in [6, 6.07) is 6.04. The summed E-state index contributed by atoms with van der Waals surface area (Å²) in [5.41, 5.74) is 1.25. The van der Waals surface area contributed by atoms with E-state index in [4.69, 9.17) is 9.47 Å². The Balaban J connectivity index is 2.74. The number of rotatable bonds is 5.